The van der Waals surface area contributed by atoms with Crippen LogP contribution < -0.4 is 10.1 Å². The standard InChI is InChI=1S/C17H23NO4/c1-11(2)10-22-13-5-3-4-12(8-13)9-18-16(19)14-6-7-15(14)17(20)21/h3-5,8,11,14-15H,6-7,9-10H2,1-2H3,(H,18,19)(H,20,21). The number of ether oxygens (including phenoxy) is 1. The first-order valence-electron chi connectivity index (χ1n) is 7.69. The molecule has 1 aliphatic rings. The summed E-state index contributed by atoms with van der Waals surface area (Å²) >= 11 is 0. The van der Waals surface area contributed by atoms with Crippen LogP contribution in [0.1, 0.15) is 32.3 Å². The van der Waals surface area contributed by atoms with Crippen molar-refractivity contribution in [1.29, 1.82) is 0 Å². The summed E-state index contributed by atoms with van der Waals surface area (Å²) in [5.74, 6) is -0.733. The predicted molar refractivity (Wildman–Crippen MR) is 82.5 cm³/mol. The molecule has 2 unspecified atom stereocenters. The van der Waals surface area contributed by atoms with Gasteiger partial charge in [0.15, 0.2) is 0 Å². The molecule has 2 rings (SSSR count). The number of aliphatic carboxylic acids is 1. The van der Waals surface area contributed by atoms with E-state index in [9.17, 15) is 9.59 Å². The molecule has 0 aliphatic heterocycles. The van der Waals surface area contributed by atoms with Gasteiger partial charge in [-0.25, -0.2) is 0 Å². The van der Waals surface area contributed by atoms with Crippen LogP contribution in [0.25, 0.3) is 0 Å². The summed E-state index contributed by atoms with van der Waals surface area (Å²) in [6.07, 6.45) is 1.24. The van der Waals surface area contributed by atoms with Gasteiger partial charge in [0.2, 0.25) is 5.91 Å². The highest BCUT2D eigenvalue weighted by molar-refractivity contribution is 5.86. The molecule has 1 amide bonds. The Morgan fingerprint density at radius 3 is 2.64 bits per heavy atom. The van der Waals surface area contributed by atoms with Crippen LogP contribution in [0.3, 0.4) is 0 Å². The molecular formula is C17H23NO4. The van der Waals surface area contributed by atoms with Crippen LogP contribution >= 0.6 is 0 Å². The summed E-state index contributed by atoms with van der Waals surface area (Å²) < 4.78 is 5.65. The van der Waals surface area contributed by atoms with Crippen molar-refractivity contribution in [2.75, 3.05) is 6.61 Å². The molecule has 0 radical (unpaired) electrons. The second kappa shape index (κ2) is 7.29. The van der Waals surface area contributed by atoms with Crippen molar-refractivity contribution >= 4 is 11.9 Å². The van der Waals surface area contributed by atoms with Crippen LogP contribution in [0.5, 0.6) is 5.75 Å². The van der Waals surface area contributed by atoms with Gasteiger partial charge in [-0.2, -0.15) is 0 Å². The van der Waals surface area contributed by atoms with Gasteiger partial charge in [-0.3, -0.25) is 9.59 Å². The molecule has 1 aromatic carbocycles. The maximum absolute atomic E-state index is 12.0. The van der Waals surface area contributed by atoms with Gasteiger partial charge in [0.05, 0.1) is 18.4 Å². The van der Waals surface area contributed by atoms with Gasteiger partial charge in [-0.1, -0.05) is 26.0 Å². The van der Waals surface area contributed by atoms with Gasteiger partial charge in [-0.15, -0.1) is 0 Å². The van der Waals surface area contributed by atoms with Crippen LogP contribution in [0.2, 0.25) is 0 Å². The highest BCUT2D eigenvalue weighted by Gasteiger charge is 2.41. The predicted octanol–water partition coefficient (Wildman–Crippen LogP) is 2.45. The molecule has 5 heteroatoms. The van der Waals surface area contributed by atoms with E-state index in [0.717, 1.165) is 11.3 Å². The van der Waals surface area contributed by atoms with E-state index in [1.54, 1.807) is 0 Å². The molecule has 0 bridgehead atoms. The number of carboxylic acids is 1. The zero-order valence-electron chi connectivity index (χ0n) is 13.0. The number of amides is 1. The lowest BCUT2D eigenvalue weighted by molar-refractivity contribution is -0.152. The second-order valence-corrected chi connectivity index (χ2v) is 6.20. The van der Waals surface area contributed by atoms with Gasteiger partial charge in [0, 0.05) is 6.54 Å². The SMILES string of the molecule is CC(C)COc1cccc(CNC(=O)C2CCC2C(=O)O)c1. The number of carboxylic acid groups (broad SMARTS) is 1. The minimum Gasteiger partial charge on any atom is -0.493 e. The Hall–Kier alpha value is -2.04. The van der Waals surface area contributed by atoms with Crippen LogP contribution in [0.15, 0.2) is 24.3 Å². The molecule has 0 saturated heterocycles. The Labute approximate surface area is 130 Å². The van der Waals surface area contributed by atoms with Crippen LogP contribution in [0.4, 0.5) is 0 Å². The zero-order valence-corrected chi connectivity index (χ0v) is 13.0. The quantitative estimate of drug-likeness (QED) is 0.811. The fraction of sp³-hybridized carbons (Fsp3) is 0.529. The van der Waals surface area contributed by atoms with Crippen molar-refractivity contribution < 1.29 is 19.4 Å². The summed E-state index contributed by atoms with van der Waals surface area (Å²) in [6, 6.07) is 7.59. The summed E-state index contributed by atoms with van der Waals surface area (Å²) in [4.78, 5) is 23.0. The molecule has 5 nitrogen and oxygen atoms in total. The number of benzene rings is 1. The van der Waals surface area contributed by atoms with Crippen molar-refractivity contribution in [2.24, 2.45) is 17.8 Å². The van der Waals surface area contributed by atoms with E-state index in [0.29, 0.717) is 31.9 Å². The maximum Gasteiger partial charge on any atom is 0.307 e. The minimum atomic E-state index is -0.879. The third-order valence-electron chi connectivity index (χ3n) is 3.88. The summed E-state index contributed by atoms with van der Waals surface area (Å²) in [6.45, 7) is 5.21. The highest BCUT2D eigenvalue weighted by atomic mass is 16.5. The topological polar surface area (TPSA) is 75.6 Å². The minimum absolute atomic E-state index is 0.174. The molecule has 1 fully saturated rings. The monoisotopic (exact) mass is 305 g/mol. The fourth-order valence-electron chi connectivity index (χ4n) is 2.44. The van der Waals surface area contributed by atoms with Crippen LogP contribution in [0, 0.1) is 17.8 Å². The Kier molecular flexibility index (Phi) is 5.41. The molecule has 120 valence electrons. The average Bonchev–Trinajstić information content (AvgIpc) is 2.41. The molecule has 1 aromatic rings. The average molecular weight is 305 g/mol. The van der Waals surface area contributed by atoms with Crippen molar-refractivity contribution in [3.05, 3.63) is 29.8 Å². The third-order valence-corrected chi connectivity index (χ3v) is 3.88. The second-order valence-electron chi connectivity index (χ2n) is 6.20. The summed E-state index contributed by atoms with van der Waals surface area (Å²) in [7, 11) is 0. The molecule has 1 saturated carbocycles. The number of carbonyl (C=O) groups is 2. The smallest absolute Gasteiger partial charge is 0.307 e. The lowest BCUT2D eigenvalue weighted by Gasteiger charge is -2.31. The zero-order chi connectivity index (χ0) is 16.1. The molecule has 0 spiro atoms. The lowest BCUT2D eigenvalue weighted by atomic mass is 9.73. The molecule has 22 heavy (non-hydrogen) atoms. The van der Waals surface area contributed by atoms with Gasteiger partial charge in [-0.05, 0) is 36.5 Å². The Bertz CT molecular complexity index is 541. The first kappa shape index (κ1) is 16.3. The lowest BCUT2D eigenvalue weighted by Crippen LogP contribution is -2.43. The van der Waals surface area contributed by atoms with E-state index in [-0.39, 0.29) is 5.91 Å². The number of nitrogens with one attached hydrogen (secondary N) is 1. The van der Waals surface area contributed by atoms with E-state index in [1.165, 1.54) is 0 Å². The van der Waals surface area contributed by atoms with E-state index in [4.69, 9.17) is 9.84 Å². The molecule has 2 N–H and O–H groups in total. The van der Waals surface area contributed by atoms with E-state index < -0.39 is 17.8 Å². The van der Waals surface area contributed by atoms with Gasteiger partial charge in [0.25, 0.3) is 0 Å². The number of hydrogen-bond donors (Lipinski definition) is 2. The van der Waals surface area contributed by atoms with Crippen LogP contribution in [-0.2, 0) is 16.1 Å². The van der Waals surface area contributed by atoms with Crippen molar-refractivity contribution in [2.45, 2.75) is 33.2 Å². The molecule has 2 atom stereocenters. The van der Waals surface area contributed by atoms with Gasteiger partial charge < -0.3 is 15.2 Å². The fourth-order valence-corrected chi connectivity index (χ4v) is 2.44. The van der Waals surface area contributed by atoms with Gasteiger partial charge >= 0.3 is 5.97 Å². The maximum atomic E-state index is 12.0. The first-order valence-corrected chi connectivity index (χ1v) is 7.69. The van der Waals surface area contributed by atoms with E-state index in [1.807, 2.05) is 24.3 Å². The Morgan fingerprint density at radius 1 is 1.32 bits per heavy atom. The Morgan fingerprint density at radius 2 is 2.05 bits per heavy atom. The molecule has 0 aromatic heterocycles. The number of carbonyl (C=O) groups excluding carboxylic acids is 1. The molecule has 1 aliphatic carbocycles. The van der Waals surface area contributed by atoms with E-state index >= 15 is 0 Å². The van der Waals surface area contributed by atoms with Gasteiger partial charge in [0.1, 0.15) is 5.75 Å². The largest absolute Gasteiger partial charge is 0.493 e. The number of hydrogen-bond acceptors (Lipinski definition) is 3. The Balaban J connectivity index is 1.85. The van der Waals surface area contributed by atoms with Crippen molar-refractivity contribution in [1.82, 2.24) is 5.32 Å². The number of rotatable bonds is 7. The highest BCUT2D eigenvalue weighted by Crippen LogP contribution is 2.34. The summed E-state index contributed by atoms with van der Waals surface area (Å²) in [5, 5.41) is 11.8. The molecular weight excluding hydrogens is 282 g/mol. The summed E-state index contributed by atoms with van der Waals surface area (Å²) in [5.41, 5.74) is 0.945. The first-order chi connectivity index (χ1) is 10.5. The third kappa shape index (κ3) is 4.23. The van der Waals surface area contributed by atoms with Crippen molar-refractivity contribution in [3.63, 3.8) is 0 Å². The molecule has 0 heterocycles. The van der Waals surface area contributed by atoms with Crippen molar-refractivity contribution in [3.8, 4) is 5.75 Å². The van der Waals surface area contributed by atoms with Crippen LogP contribution in [-0.4, -0.2) is 23.6 Å². The normalized spacial score (nSPS) is 20.3. The van der Waals surface area contributed by atoms with E-state index in [2.05, 4.69) is 19.2 Å².